The van der Waals surface area contributed by atoms with Gasteiger partial charge in [-0.3, -0.25) is 4.98 Å². The molecule has 2 aromatic heterocycles. The predicted octanol–water partition coefficient (Wildman–Crippen LogP) is 6.41. The van der Waals surface area contributed by atoms with E-state index in [-0.39, 0.29) is 0 Å². The quantitative estimate of drug-likeness (QED) is 0.292. The molecule has 2 N–H and O–H groups in total. The van der Waals surface area contributed by atoms with Crippen molar-refractivity contribution in [1.82, 2.24) is 9.97 Å². The number of hydrogen-bond donors (Lipinski definition) is 2. The molecule has 7 heteroatoms. The fourth-order valence-electron chi connectivity index (χ4n) is 3.76. The number of rotatable bonds is 10. The van der Waals surface area contributed by atoms with Crippen molar-refractivity contribution in [2.75, 3.05) is 23.8 Å². The first-order valence-corrected chi connectivity index (χ1v) is 11.8. The van der Waals surface area contributed by atoms with Crippen molar-refractivity contribution in [3.05, 3.63) is 65.3 Å². The van der Waals surface area contributed by atoms with E-state index in [4.69, 9.17) is 9.47 Å². The monoisotopic (exact) mass is 448 g/mol. The Bertz CT molecular complexity index is 1180. The van der Waals surface area contributed by atoms with E-state index in [1.807, 2.05) is 49.8 Å². The second-order valence-corrected chi connectivity index (χ2v) is 8.05. The van der Waals surface area contributed by atoms with Gasteiger partial charge in [-0.2, -0.15) is 0 Å². The summed E-state index contributed by atoms with van der Waals surface area (Å²) in [5.41, 5.74) is 5.46. The molecule has 166 valence electrons. The van der Waals surface area contributed by atoms with Crippen molar-refractivity contribution >= 4 is 38.7 Å². The molecule has 0 amide bonds. The Kier molecular flexibility index (Phi) is 7.07. The van der Waals surface area contributed by atoms with E-state index in [9.17, 15) is 0 Å². The SMILES string of the molecule is CCOc1cc2nccc(Nc3cccc(CNc4nccs4)c3CC)c2cc1OCC. The van der Waals surface area contributed by atoms with Gasteiger partial charge < -0.3 is 20.1 Å². The van der Waals surface area contributed by atoms with Crippen molar-refractivity contribution in [3.63, 3.8) is 0 Å². The number of hydrogen-bond acceptors (Lipinski definition) is 7. The van der Waals surface area contributed by atoms with Crippen molar-refractivity contribution in [2.24, 2.45) is 0 Å². The van der Waals surface area contributed by atoms with Gasteiger partial charge in [0.05, 0.1) is 18.7 Å². The van der Waals surface area contributed by atoms with E-state index in [1.165, 1.54) is 11.1 Å². The minimum Gasteiger partial charge on any atom is -0.490 e. The molecule has 2 heterocycles. The minimum atomic E-state index is 0.572. The van der Waals surface area contributed by atoms with Crippen LogP contribution in [0.3, 0.4) is 0 Å². The van der Waals surface area contributed by atoms with Crippen molar-refractivity contribution in [1.29, 1.82) is 0 Å². The highest BCUT2D eigenvalue weighted by Crippen LogP contribution is 2.36. The van der Waals surface area contributed by atoms with Gasteiger partial charge in [0.15, 0.2) is 16.6 Å². The molecule has 4 aromatic rings. The van der Waals surface area contributed by atoms with E-state index in [1.54, 1.807) is 11.3 Å². The summed E-state index contributed by atoms with van der Waals surface area (Å²) < 4.78 is 11.6. The summed E-state index contributed by atoms with van der Waals surface area (Å²) in [6.07, 6.45) is 4.55. The topological polar surface area (TPSA) is 68.3 Å². The summed E-state index contributed by atoms with van der Waals surface area (Å²) in [7, 11) is 0. The van der Waals surface area contributed by atoms with Crippen LogP contribution >= 0.6 is 11.3 Å². The maximum Gasteiger partial charge on any atom is 0.182 e. The lowest BCUT2D eigenvalue weighted by atomic mass is 10.0. The zero-order valence-electron chi connectivity index (χ0n) is 18.6. The van der Waals surface area contributed by atoms with Crippen LogP contribution < -0.4 is 20.1 Å². The fraction of sp³-hybridized carbons (Fsp3) is 0.280. The molecular weight excluding hydrogens is 420 g/mol. The molecule has 0 bridgehead atoms. The first-order chi connectivity index (χ1) is 15.7. The summed E-state index contributed by atoms with van der Waals surface area (Å²) in [5.74, 6) is 1.45. The second-order valence-electron chi connectivity index (χ2n) is 7.15. The largest absolute Gasteiger partial charge is 0.490 e. The average Bonchev–Trinajstić information content (AvgIpc) is 3.32. The maximum absolute atomic E-state index is 5.84. The number of aromatic nitrogens is 2. The summed E-state index contributed by atoms with van der Waals surface area (Å²) >= 11 is 1.61. The molecule has 4 rings (SSSR count). The Labute approximate surface area is 192 Å². The van der Waals surface area contributed by atoms with E-state index in [0.29, 0.717) is 13.2 Å². The van der Waals surface area contributed by atoms with Crippen LogP contribution in [-0.4, -0.2) is 23.2 Å². The zero-order chi connectivity index (χ0) is 22.3. The van der Waals surface area contributed by atoms with Gasteiger partial charge in [0, 0.05) is 47.1 Å². The highest BCUT2D eigenvalue weighted by molar-refractivity contribution is 7.13. The Hall–Kier alpha value is -3.32. The van der Waals surface area contributed by atoms with Gasteiger partial charge in [-0.25, -0.2) is 4.98 Å². The summed E-state index contributed by atoms with van der Waals surface area (Å²) in [6.45, 7) is 8.00. The fourth-order valence-corrected chi connectivity index (χ4v) is 4.29. The molecule has 0 saturated carbocycles. The third-order valence-corrected chi connectivity index (χ3v) is 5.90. The molecule has 0 unspecified atom stereocenters. The van der Waals surface area contributed by atoms with Crippen molar-refractivity contribution in [2.45, 2.75) is 33.7 Å². The van der Waals surface area contributed by atoms with Gasteiger partial charge in [0.25, 0.3) is 0 Å². The smallest absolute Gasteiger partial charge is 0.182 e. The minimum absolute atomic E-state index is 0.572. The number of nitrogens with one attached hydrogen (secondary N) is 2. The van der Waals surface area contributed by atoms with Crippen molar-refractivity contribution < 1.29 is 9.47 Å². The molecule has 0 saturated heterocycles. The molecule has 0 radical (unpaired) electrons. The molecule has 0 atom stereocenters. The van der Waals surface area contributed by atoms with Gasteiger partial charge in [-0.1, -0.05) is 19.1 Å². The molecule has 0 aliphatic rings. The van der Waals surface area contributed by atoms with Gasteiger partial charge in [-0.15, -0.1) is 11.3 Å². The number of fused-ring (bicyclic) bond motifs is 1. The van der Waals surface area contributed by atoms with Crippen LogP contribution in [0.5, 0.6) is 11.5 Å². The number of pyridine rings is 1. The number of anilines is 3. The lowest BCUT2D eigenvalue weighted by molar-refractivity contribution is 0.288. The third-order valence-electron chi connectivity index (χ3n) is 5.17. The molecular formula is C25H28N4O2S. The highest BCUT2D eigenvalue weighted by atomic mass is 32.1. The molecule has 0 fully saturated rings. The summed E-state index contributed by atoms with van der Waals surface area (Å²) in [4.78, 5) is 8.87. The van der Waals surface area contributed by atoms with Crippen LogP contribution in [0, 0.1) is 0 Å². The standard InChI is InChI=1S/C25H28N4O2S/c1-4-18-17(16-28-25-27-12-13-32-25)8-7-9-20(18)29-21-10-11-26-22-15-24(31-6-3)23(30-5-2)14-19(21)22/h7-15H,4-6,16H2,1-3H3,(H,26,29)(H,27,28). The van der Waals surface area contributed by atoms with Crippen LogP contribution in [0.15, 0.2) is 54.2 Å². The molecule has 0 aliphatic heterocycles. The first-order valence-electron chi connectivity index (χ1n) is 10.9. The molecule has 6 nitrogen and oxygen atoms in total. The molecule has 2 aromatic carbocycles. The van der Waals surface area contributed by atoms with E-state index in [2.05, 4.69) is 45.7 Å². The van der Waals surface area contributed by atoms with E-state index >= 15 is 0 Å². The van der Waals surface area contributed by atoms with Crippen molar-refractivity contribution in [3.8, 4) is 11.5 Å². The Morgan fingerprint density at radius 3 is 2.44 bits per heavy atom. The van der Waals surface area contributed by atoms with Gasteiger partial charge in [-0.05, 0) is 49.6 Å². The Balaban J connectivity index is 1.68. The zero-order valence-corrected chi connectivity index (χ0v) is 19.5. The molecule has 32 heavy (non-hydrogen) atoms. The lowest BCUT2D eigenvalue weighted by Gasteiger charge is -2.18. The predicted molar refractivity (Wildman–Crippen MR) is 133 cm³/mol. The van der Waals surface area contributed by atoms with Crippen LogP contribution in [0.2, 0.25) is 0 Å². The first kappa shape index (κ1) is 21.9. The molecule has 0 aliphatic carbocycles. The Morgan fingerprint density at radius 2 is 1.72 bits per heavy atom. The highest BCUT2D eigenvalue weighted by Gasteiger charge is 2.13. The number of ether oxygens (including phenoxy) is 2. The second kappa shape index (κ2) is 10.3. The van der Waals surface area contributed by atoms with Crippen LogP contribution in [0.25, 0.3) is 10.9 Å². The van der Waals surface area contributed by atoms with E-state index in [0.717, 1.165) is 51.9 Å². The Morgan fingerprint density at radius 1 is 0.906 bits per heavy atom. The average molecular weight is 449 g/mol. The van der Waals surface area contributed by atoms with Crippen LogP contribution in [-0.2, 0) is 13.0 Å². The normalized spacial score (nSPS) is 10.8. The van der Waals surface area contributed by atoms with Crippen LogP contribution in [0.1, 0.15) is 31.9 Å². The van der Waals surface area contributed by atoms with Crippen LogP contribution in [0.4, 0.5) is 16.5 Å². The van der Waals surface area contributed by atoms with Gasteiger partial charge in [0.2, 0.25) is 0 Å². The summed E-state index contributed by atoms with van der Waals surface area (Å²) in [5, 5.41) is 11.0. The maximum atomic E-state index is 5.84. The molecule has 0 spiro atoms. The van der Waals surface area contributed by atoms with Gasteiger partial charge in [0.1, 0.15) is 0 Å². The number of benzene rings is 2. The lowest BCUT2D eigenvalue weighted by Crippen LogP contribution is -2.05. The number of nitrogens with zero attached hydrogens (tertiary/aromatic N) is 2. The third kappa shape index (κ3) is 4.78. The summed E-state index contributed by atoms with van der Waals surface area (Å²) in [6, 6.07) is 12.3. The van der Waals surface area contributed by atoms with Gasteiger partial charge >= 0.3 is 0 Å². The van der Waals surface area contributed by atoms with E-state index < -0.39 is 0 Å². The number of thiazole rings is 1.